The lowest BCUT2D eigenvalue weighted by atomic mass is 9.97. The molecule has 0 saturated heterocycles. The molecule has 1 aliphatic carbocycles. The number of hydrogen-bond acceptors (Lipinski definition) is 3. The van der Waals surface area contributed by atoms with Gasteiger partial charge in [0.15, 0.2) is 0 Å². The lowest BCUT2D eigenvalue weighted by Gasteiger charge is -2.22. The average Bonchev–Trinajstić information content (AvgIpc) is 2.25. The van der Waals surface area contributed by atoms with E-state index < -0.39 is 0 Å². The zero-order chi connectivity index (χ0) is 12.1. The third kappa shape index (κ3) is 3.87. The van der Waals surface area contributed by atoms with Crippen molar-refractivity contribution in [2.75, 3.05) is 11.1 Å². The number of anilines is 2. The van der Waals surface area contributed by atoms with E-state index in [1.165, 1.54) is 44.9 Å². The molecular formula is C13H20BrN3. The topological polar surface area (TPSA) is 50.9 Å². The summed E-state index contributed by atoms with van der Waals surface area (Å²) in [5.41, 5.74) is 6.38. The second-order valence-electron chi connectivity index (χ2n) is 4.79. The summed E-state index contributed by atoms with van der Waals surface area (Å²) in [5.74, 6) is 0.921. The van der Waals surface area contributed by atoms with Crippen LogP contribution in [0.25, 0.3) is 0 Å². The van der Waals surface area contributed by atoms with Gasteiger partial charge in [0.1, 0.15) is 5.82 Å². The number of nitrogens with two attached hydrogens (primary N) is 1. The summed E-state index contributed by atoms with van der Waals surface area (Å²) in [5, 5.41) is 3.53. The van der Waals surface area contributed by atoms with E-state index in [1.54, 1.807) is 6.20 Å². The van der Waals surface area contributed by atoms with Crippen molar-refractivity contribution in [1.29, 1.82) is 0 Å². The van der Waals surface area contributed by atoms with E-state index in [1.807, 2.05) is 6.07 Å². The lowest BCUT2D eigenvalue weighted by molar-refractivity contribution is 0.470. The van der Waals surface area contributed by atoms with Crippen molar-refractivity contribution in [3.8, 4) is 0 Å². The third-order valence-corrected chi connectivity index (χ3v) is 3.91. The number of hydrogen-bond donors (Lipinski definition) is 2. The van der Waals surface area contributed by atoms with Gasteiger partial charge in [0.25, 0.3) is 0 Å². The van der Waals surface area contributed by atoms with E-state index in [9.17, 15) is 0 Å². The first-order valence-electron chi connectivity index (χ1n) is 6.43. The Bertz CT molecular complexity index is 360. The van der Waals surface area contributed by atoms with Crippen molar-refractivity contribution in [3.05, 3.63) is 16.7 Å². The van der Waals surface area contributed by atoms with Gasteiger partial charge in [0, 0.05) is 6.04 Å². The summed E-state index contributed by atoms with van der Waals surface area (Å²) < 4.78 is 0.958. The second-order valence-corrected chi connectivity index (χ2v) is 5.64. The number of aromatic nitrogens is 1. The van der Waals surface area contributed by atoms with Crippen LogP contribution in [-0.2, 0) is 0 Å². The van der Waals surface area contributed by atoms with Gasteiger partial charge in [-0.05, 0) is 34.8 Å². The van der Waals surface area contributed by atoms with Gasteiger partial charge in [-0.1, -0.05) is 32.1 Å². The largest absolute Gasteiger partial charge is 0.397 e. The summed E-state index contributed by atoms with van der Waals surface area (Å²) in [6, 6.07) is 2.46. The molecule has 1 saturated carbocycles. The van der Waals surface area contributed by atoms with Crippen LogP contribution in [0.1, 0.15) is 44.9 Å². The van der Waals surface area contributed by atoms with E-state index >= 15 is 0 Å². The van der Waals surface area contributed by atoms with Crippen molar-refractivity contribution in [1.82, 2.24) is 4.98 Å². The number of nitrogens with one attached hydrogen (secondary N) is 1. The Labute approximate surface area is 111 Å². The fourth-order valence-electron chi connectivity index (χ4n) is 2.35. The minimum atomic E-state index is 0.558. The monoisotopic (exact) mass is 297 g/mol. The van der Waals surface area contributed by atoms with E-state index in [-0.39, 0.29) is 0 Å². The molecule has 0 amide bonds. The maximum atomic E-state index is 5.69. The Balaban J connectivity index is 1.98. The van der Waals surface area contributed by atoms with E-state index in [2.05, 4.69) is 26.2 Å². The van der Waals surface area contributed by atoms with Crippen LogP contribution < -0.4 is 11.1 Å². The summed E-state index contributed by atoms with van der Waals surface area (Å²) in [4.78, 5) is 4.34. The average molecular weight is 298 g/mol. The fourth-order valence-corrected chi connectivity index (χ4v) is 2.83. The first-order chi connectivity index (χ1) is 8.25. The molecule has 1 fully saturated rings. The number of pyridine rings is 1. The van der Waals surface area contributed by atoms with E-state index in [4.69, 9.17) is 5.73 Å². The van der Waals surface area contributed by atoms with Crippen LogP contribution in [0, 0.1) is 0 Å². The van der Waals surface area contributed by atoms with Gasteiger partial charge >= 0.3 is 0 Å². The van der Waals surface area contributed by atoms with Gasteiger partial charge in [-0.3, -0.25) is 0 Å². The molecule has 1 aromatic heterocycles. The molecule has 0 atom stereocenters. The van der Waals surface area contributed by atoms with Gasteiger partial charge in [-0.15, -0.1) is 0 Å². The minimum absolute atomic E-state index is 0.558. The van der Waals surface area contributed by atoms with Crippen LogP contribution in [0.15, 0.2) is 16.7 Å². The van der Waals surface area contributed by atoms with Crippen molar-refractivity contribution in [3.63, 3.8) is 0 Å². The zero-order valence-corrected chi connectivity index (χ0v) is 11.7. The minimum Gasteiger partial charge on any atom is -0.397 e. The van der Waals surface area contributed by atoms with E-state index in [0.717, 1.165) is 10.3 Å². The molecule has 4 heteroatoms. The summed E-state index contributed by atoms with van der Waals surface area (Å²) in [7, 11) is 0. The van der Waals surface area contributed by atoms with Gasteiger partial charge in [-0.2, -0.15) is 0 Å². The molecule has 2 rings (SSSR count). The van der Waals surface area contributed by atoms with Crippen molar-refractivity contribution in [2.24, 2.45) is 0 Å². The number of nitrogen functional groups attached to an aromatic ring is 1. The molecule has 3 nitrogen and oxygen atoms in total. The number of halogens is 1. The van der Waals surface area contributed by atoms with Gasteiger partial charge in [0.2, 0.25) is 0 Å². The molecule has 94 valence electrons. The molecule has 0 radical (unpaired) electrons. The predicted octanol–water partition coefficient (Wildman–Crippen LogP) is 3.95. The number of rotatable bonds is 2. The van der Waals surface area contributed by atoms with Crippen LogP contribution in [0.4, 0.5) is 11.5 Å². The van der Waals surface area contributed by atoms with Crippen LogP contribution in [0.2, 0.25) is 0 Å². The molecule has 1 heterocycles. The normalized spacial score (nSPS) is 18.4. The van der Waals surface area contributed by atoms with E-state index in [0.29, 0.717) is 11.7 Å². The Morgan fingerprint density at radius 2 is 1.82 bits per heavy atom. The van der Waals surface area contributed by atoms with Crippen LogP contribution >= 0.6 is 15.9 Å². The Morgan fingerprint density at radius 3 is 2.47 bits per heavy atom. The maximum absolute atomic E-state index is 5.69. The van der Waals surface area contributed by atoms with Crippen LogP contribution in [0.5, 0.6) is 0 Å². The molecule has 0 aromatic carbocycles. The highest BCUT2D eigenvalue weighted by atomic mass is 79.9. The highest BCUT2D eigenvalue weighted by Crippen LogP contribution is 2.25. The standard InChI is InChI=1S/C13H20BrN3/c14-12-8-10(15)9-16-13(12)17-11-6-4-2-1-3-5-7-11/h8-9,11H,1-7,15H2,(H,16,17). The second kappa shape index (κ2) is 6.24. The molecule has 0 bridgehead atoms. The Kier molecular flexibility index (Phi) is 4.66. The third-order valence-electron chi connectivity index (χ3n) is 3.31. The Hall–Kier alpha value is -0.770. The maximum Gasteiger partial charge on any atom is 0.140 e. The molecule has 0 aliphatic heterocycles. The highest BCUT2D eigenvalue weighted by molar-refractivity contribution is 9.10. The van der Waals surface area contributed by atoms with Gasteiger partial charge < -0.3 is 11.1 Å². The molecule has 0 unspecified atom stereocenters. The summed E-state index contributed by atoms with van der Waals surface area (Å²) in [6.07, 6.45) is 11.0. The SMILES string of the molecule is Nc1cnc(NC2CCCCCCC2)c(Br)c1. The van der Waals surface area contributed by atoms with Gasteiger partial charge in [-0.25, -0.2) is 4.98 Å². The molecule has 3 N–H and O–H groups in total. The van der Waals surface area contributed by atoms with Crippen molar-refractivity contribution in [2.45, 2.75) is 51.0 Å². The van der Waals surface area contributed by atoms with Crippen LogP contribution in [0.3, 0.4) is 0 Å². The van der Waals surface area contributed by atoms with Crippen molar-refractivity contribution < 1.29 is 0 Å². The Morgan fingerprint density at radius 1 is 1.18 bits per heavy atom. The summed E-state index contributed by atoms with van der Waals surface area (Å²) >= 11 is 3.50. The predicted molar refractivity (Wildman–Crippen MR) is 76.1 cm³/mol. The molecule has 1 aliphatic rings. The highest BCUT2D eigenvalue weighted by Gasteiger charge is 2.13. The quantitative estimate of drug-likeness (QED) is 0.869. The molecule has 0 spiro atoms. The molecule has 1 aromatic rings. The van der Waals surface area contributed by atoms with Crippen molar-refractivity contribution >= 4 is 27.4 Å². The fraction of sp³-hybridized carbons (Fsp3) is 0.615. The zero-order valence-electron chi connectivity index (χ0n) is 10.1. The van der Waals surface area contributed by atoms with Crippen LogP contribution in [-0.4, -0.2) is 11.0 Å². The first-order valence-corrected chi connectivity index (χ1v) is 7.22. The molecule has 17 heavy (non-hydrogen) atoms. The summed E-state index contributed by atoms with van der Waals surface area (Å²) in [6.45, 7) is 0. The number of nitrogens with zero attached hydrogens (tertiary/aromatic N) is 1. The first kappa shape index (κ1) is 12.7. The molecular weight excluding hydrogens is 278 g/mol. The lowest BCUT2D eigenvalue weighted by Crippen LogP contribution is -2.21. The smallest absolute Gasteiger partial charge is 0.140 e. The van der Waals surface area contributed by atoms with Gasteiger partial charge in [0.05, 0.1) is 16.4 Å².